The first kappa shape index (κ1) is 27.8. The summed E-state index contributed by atoms with van der Waals surface area (Å²) in [5.74, 6) is -1.69. The van der Waals surface area contributed by atoms with Crippen LogP contribution in [0, 0.1) is 5.41 Å². The Kier molecular flexibility index (Phi) is 14.5. The molecule has 0 aromatic carbocycles. The van der Waals surface area contributed by atoms with Gasteiger partial charge in [-0.1, -0.05) is 26.7 Å². The zero-order valence-corrected chi connectivity index (χ0v) is 17.2. The van der Waals surface area contributed by atoms with Gasteiger partial charge in [-0.05, 0) is 27.2 Å². The molecule has 0 amide bonds. The van der Waals surface area contributed by atoms with Crippen LogP contribution in [0.2, 0.25) is 0 Å². The van der Waals surface area contributed by atoms with Crippen molar-refractivity contribution in [3.63, 3.8) is 0 Å². The van der Waals surface area contributed by atoms with Crippen LogP contribution in [0.5, 0.6) is 0 Å². The summed E-state index contributed by atoms with van der Waals surface area (Å²) in [6, 6.07) is 0. The average Bonchev–Trinajstić information content (AvgIpc) is 2.66. The molecule has 0 unspecified atom stereocenters. The van der Waals surface area contributed by atoms with Crippen LogP contribution in [0.15, 0.2) is 36.5 Å². The fraction of sp³-hybridized carbons (Fsp3) is 0.550. The number of aliphatic hydroxyl groups is 2. The smallest absolute Gasteiger partial charge is 0.333 e. The van der Waals surface area contributed by atoms with Gasteiger partial charge >= 0.3 is 17.9 Å². The number of aliphatic hydroxyl groups excluding tert-OH is 2. The van der Waals surface area contributed by atoms with Gasteiger partial charge in [0.15, 0.2) is 0 Å². The van der Waals surface area contributed by atoms with E-state index in [1.807, 2.05) is 6.92 Å². The van der Waals surface area contributed by atoms with E-state index in [2.05, 4.69) is 19.7 Å². The van der Waals surface area contributed by atoms with Gasteiger partial charge in [-0.3, -0.25) is 0 Å². The molecular formula is C20H32O8. The van der Waals surface area contributed by atoms with Crippen LogP contribution >= 0.6 is 0 Å². The first-order chi connectivity index (χ1) is 13.0. The van der Waals surface area contributed by atoms with E-state index >= 15 is 0 Å². The molecule has 0 spiro atoms. The van der Waals surface area contributed by atoms with Crippen molar-refractivity contribution < 1.29 is 38.8 Å². The third-order valence-corrected chi connectivity index (χ3v) is 3.42. The van der Waals surface area contributed by atoms with E-state index in [4.69, 9.17) is 24.4 Å². The lowest BCUT2D eigenvalue weighted by atomic mass is 9.88. The number of carbonyl (C=O) groups excluding carboxylic acids is 3. The van der Waals surface area contributed by atoms with Crippen LogP contribution in [0.25, 0.3) is 0 Å². The Balaban J connectivity index is 0. The second kappa shape index (κ2) is 14.6. The van der Waals surface area contributed by atoms with Crippen molar-refractivity contribution in [1.82, 2.24) is 0 Å². The van der Waals surface area contributed by atoms with Gasteiger partial charge < -0.3 is 24.4 Å². The van der Waals surface area contributed by atoms with Gasteiger partial charge in [0, 0.05) is 16.7 Å². The lowest BCUT2D eigenvalue weighted by Gasteiger charge is -2.31. The zero-order chi connectivity index (χ0) is 22.3. The van der Waals surface area contributed by atoms with Gasteiger partial charge in [0.2, 0.25) is 0 Å². The van der Waals surface area contributed by atoms with Crippen LogP contribution in [0.3, 0.4) is 0 Å². The first-order valence-electron chi connectivity index (χ1n) is 8.66. The Morgan fingerprint density at radius 1 is 0.714 bits per heavy atom. The van der Waals surface area contributed by atoms with E-state index in [1.54, 1.807) is 0 Å². The standard InChI is InChI=1S/C18H26O6.C2H6O2/c1-8-18(9-22-15(19)12(2)3,10-23-16(20)13(4)5)11-24-17(21)14(6)7;3-1-2-4/h2,4,6,8-11H2,1,3,5,7H3;3-4H,1-2H2. The van der Waals surface area contributed by atoms with Crippen molar-refractivity contribution >= 4 is 17.9 Å². The highest BCUT2D eigenvalue weighted by Gasteiger charge is 2.34. The molecule has 0 aliphatic heterocycles. The quantitative estimate of drug-likeness (QED) is 0.306. The predicted molar refractivity (Wildman–Crippen MR) is 104 cm³/mol. The van der Waals surface area contributed by atoms with Gasteiger partial charge in [-0.2, -0.15) is 0 Å². The van der Waals surface area contributed by atoms with Crippen molar-refractivity contribution in [2.75, 3.05) is 33.0 Å². The molecule has 8 nitrogen and oxygen atoms in total. The van der Waals surface area contributed by atoms with E-state index < -0.39 is 23.3 Å². The van der Waals surface area contributed by atoms with Crippen LogP contribution in [0.1, 0.15) is 34.1 Å². The van der Waals surface area contributed by atoms with E-state index in [0.717, 1.165) is 0 Å². The SMILES string of the molecule is C=C(C)C(=O)OCC(CC)(COC(=O)C(=C)C)COC(=O)C(=C)C.OCCO. The molecule has 0 aliphatic carbocycles. The average molecular weight is 400 g/mol. The highest BCUT2D eigenvalue weighted by atomic mass is 16.6. The molecule has 0 saturated heterocycles. The number of hydrogen-bond acceptors (Lipinski definition) is 8. The van der Waals surface area contributed by atoms with Gasteiger partial charge in [-0.15, -0.1) is 0 Å². The summed E-state index contributed by atoms with van der Waals surface area (Å²) in [4.78, 5) is 34.9. The number of carbonyl (C=O) groups is 3. The molecule has 0 aromatic heterocycles. The van der Waals surface area contributed by atoms with Crippen molar-refractivity contribution in [1.29, 1.82) is 0 Å². The lowest BCUT2D eigenvalue weighted by Crippen LogP contribution is -2.39. The predicted octanol–water partition coefficient (Wildman–Crippen LogP) is 1.71. The Morgan fingerprint density at radius 3 is 1.11 bits per heavy atom. The molecule has 0 bridgehead atoms. The topological polar surface area (TPSA) is 119 Å². The maximum atomic E-state index is 11.6. The maximum Gasteiger partial charge on any atom is 0.333 e. The number of rotatable bonds is 11. The first-order valence-corrected chi connectivity index (χ1v) is 8.66. The molecule has 0 radical (unpaired) electrons. The summed E-state index contributed by atoms with van der Waals surface area (Å²) >= 11 is 0. The van der Waals surface area contributed by atoms with Crippen molar-refractivity contribution in [3.05, 3.63) is 36.5 Å². The summed E-state index contributed by atoms with van der Waals surface area (Å²) in [6.07, 6.45) is 0.448. The second-order valence-electron chi connectivity index (χ2n) is 6.37. The molecule has 28 heavy (non-hydrogen) atoms. The van der Waals surface area contributed by atoms with Crippen LogP contribution in [0.4, 0.5) is 0 Å². The van der Waals surface area contributed by atoms with Crippen molar-refractivity contribution in [2.45, 2.75) is 34.1 Å². The largest absolute Gasteiger partial charge is 0.461 e. The van der Waals surface area contributed by atoms with E-state index in [-0.39, 0.29) is 49.8 Å². The Hall–Kier alpha value is -2.45. The molecule has 160 valence electrons. The van der Waals surface area contributed by atoms with E-state index in [9.17, 15) is 14.4 Å². The summed E-state index contributed by atoms with van der Waals surface area (Å²) in [5.41, 5.74) is -0.116. The number of esters is 3. The van der Waals surface area contributed by atoms with Crippen molar-refractivity contribution in [2.24, 2.45) is 5.41 Å². The van der Waals surface area contributed by atoms with E-state index in [1.165, 1.54) is 20.8 Å². The van der Waals surface area contributed by atoms with Gasteiger partial charge in [-0.25, -0.2) is 14.4 Å². The molecule has 0 heterocycles. The summed E-state index contributed by atoms with van der Waals surface area (Å²) in [7, 11) is 0. The minimum absolute atomic E-state index is 0.0812. The van der Waals surface area contributed by atoms with Gasteiger partial charge in [0.05, 0.1) is 18.6 Å². The molecule has 0 saturated carbocycles. The minimum atomic E-state index is -0.860. The molecule has 0 aromatic rings. The molecule has 2 N–H and O–H groups in total. The molecule has 0 fully saturated rings. The highest BCUT2D eigenvalue weighted by Crippen LogP contribution is 2.25. The second-order valence-corrected chi connectivity index (χ2v) is 6.37. The normalized spacial score (nSPS) is 10.1. The Morgan fingerprint density at radius 2 is 0.964 bits per heavy atom. The maximum absolute atomic E-state index is 11.6. The zero-order valence-electron chi connectivity index (χ0n) is 17.2. The third-order valence-electron chi connectivity index (χ3n) is 3.42. The summed E-state index contributed by atoms with van der Waals surface area (Å²) in [6.45, 7) is 16.4. The molecule has 8 heteroatoms. The molecule has 0 aliphatic rings. The lowest BCUT2D eigenvalue weighted by molar-refractivity contribution is -0.157. The minimum Gasteiger partial charge on any atom is -0.461 e. The number of hydrogen-bond donors (Lipinski definition) is 2. The molecular weight excluding hydrogens is 368 g/mol. The van der Waals surface area contributed by atoms with Crippen LogP contribution < -0.4 is 0 Å². The van der Waals surface area contributed by atoms with Crippen LogP contribution in [-0.4, -0.2) is 61.2 Å². The Bertz CT molecular complexity index is 501. The third kappa shape index (κ3) is 12.0. The molecule has 0 rings (SSSR count). The fourth-order valence-electron chi connectivity index (χ4n) is 1.46. The highest BCUT2D eigenvalue weighted by molar-refractivity contribution is 5.88. The fourth-order valence-corrected chi connectivity index (χ4v) is 1.46. The number of ether oxygens (including phenoxy) is 3. The van der Waals surface area contributed by atoms with Crippen LogP contribution in [-0.2, 0) is 28.6 Å². The summed E-state index contributed by atoms with van der Waals surface area (Å²) < 4.78 is 15.5. The van der Waals surface area contributed by atoms with E-state index in [0.29, 0.717) is 6.42 Å². The van der Waals surface area contributed by atoms with Gasteiger partial charge in [0.1, 0.15) is 19.8 Å². The summed E-state index contributed by atoms with van der Waals surface area (Å²) in [5, 5.41) is 15.2. The Labute approximate surface area is 166 Å². The molecule has 0 atom stereocenters. The van der Waals surface area contributed by atoms with Gasteiger partial charge in [0.25, 0.3) is 0 Å². The monoisotopic (exact) mass is 400 g/mol. The van der Waals surface area contributed by atoms with Crippen molar-refractivity contribution in [3.8, 4) is 0 Å².